The summed E-state index contributed by atoms with van der Waals surface area (Å²) >= 11 is 6.13. The van der Waals surface area contributed by atoms with Crippen molar-refractivity contribution in [1.82, 2.24) is 25.0 Å². The first-order chi connectivity index (χ1) is 10.5. The SMILES string of the molecule is Cc1nnc(CNc2cc(Cl)nc3c(C)nn(C(C)C)c23)o1. The minimum Gasteiger partial charge on any atom is -0.424 e. The maximum atomic E-state index is 6.13. The number of aromatic nitrogens is 5. The molecule has 0 spiro atoms. The molecule has 3 rings (SSSR count). The van der Waals surface area contributed by atoms with E-state index >= 15 is 0 Å². The third-order valence-electron chi connectivity index (χ3n) is 3.28. The Bertz CT molecular complexity index is 822. The van der Waals surface area contributed by atoms with E-state index in [1.54, 1.807) is 13.0 Å². The van der Waals surface area contributed by atoms with Gasteiger partial charge in [0.2, 0.25) is 11.8 Å². The number of fused-ring (bicyclic) bond motifs is 1. The number of anilines is 1. The molecule has 116 valence electrons. The fourth-order valence-electron chi connectivity index (χ4n) is 2.34. The molecule has 0 saturated heterocycles. The van der Waals surface area contributed by atoms with E-state index in [4.69, 9.17) is 16.0 Å². The van der Waals surface area contributed by atoms with Gasteiger partial charge in [-0.3, -0.25) is 4.68 Å². The number of nitrogens with zero attached hydrogens (tertiary/aromatic N) is 5. The molecule has 0 aromatic carbocycles. The fraction of sp³-hybridized carbons (Fsp3) is 0.429. The number of rotatable bonds is 4. The predicted octanol–water partition coefficient (Wildman–Crippen LogP) is 3.28. The maximum absolute atomic E-state index is 6.13. The zero-order valence-corrected chi connectivity index (χ0v) is 13.6. The summed E-state index contributed by atoms with van der Waals surface area (Å²) in [5, 5.41) is 16.1. The van der Waals surface area contributed by atoms with Crippen LogP contribution >= 0.6 is 11.6 Å². The molecule has 0 amide bonds. The van der Waals surface area contributed by atoms with Gasteiger partial charge in [-0.1, -0.05) is 11.6 Å². The quantitative estimate of drug-likeness (QED) is 0.743. The molecule has 7 nitrogen and oxygen atoms in total. The van der Waals surface area contributed by atoms with Crippen LogP contribution in [0.4, 0.5) is 5.69 Å². The van der Waals surface area contributed by atoms with E-state index < -0.39 is 0 Å². The van der Waals surface area contributed by atoms with E-state index in [1.807, 2.05) is 11.6 Å². The highest BCUT2D eigenvalue weighted by molar-refractivity contribution is 6.30. The molecule has 0 unspecified atom stereocenters. The van der Waals surface area contributed by atoms with Crippen LogP contribution in [0, 0.1) is 13.8 Å². The lowest BCUT2D eigenvalue weighted by molar-refractivity contribution is 0.474. The molecule has 0 radical (unpaired) electrons. The van der Waals surface area contributed by atoms with Gasteiger partial charge in [0.05, 0.1) is 17.9 Å². The summed E-state index contributed by atoms with van der Waals surface area (Å²) in [6, 6.07) is 2.00. The van der Waals surface area contributed by atoms with Gasteiger partial charge in [-0.2, -0.15) is 5.10 Å². The van der Waals surface area contributed by atoms with Gasteiger partial charge in [-0.05, 0) is 20.8 Å². The topological polar surface area (TPSA) is 81.7 Å². The lowest BCUT2D eigenvalue weighted by atomic mass is 10.2. The number of hydrogen-bond donors (Lipinski definition) is 1. The van der Waals surface area contributed by atoms with Crippen molar-refractivity contribution in [3.05, 3.63) is 28.7 Å². The van der Waals surface area contributed by atoms with Crippen LogP contribution in [0.15, 0.2) is 10.5 Å². The second kappa shape index (κ2) is 5.57. The molecule has 8 heteroatoms. The molecule has 0 fully saturated rings. The van der Waals surface area contributed by atoms with Gasteiger partial charge in [0.15, 0.2) is 0 Å². The first kappa shape index (κ1) is 14.8. The highest BCUT2D eigenvalue weighted by Crippen LogP contribution is 2.29. The van der Waals surface area contributed by atoms with E-state index in [0.29, 0.717) is 23.5 Å². The number of aryl methyl sites for hydroxylation is 2. The summed E-state index contributed by atoms with van der Waals surface area (Å²) in [7, 11) is 0. The van der Waals surface area contributed by atoms with Crippen molar-refractivity contribution in [2.45, 2.75) is 40.3 Å². The van der Waals surface area contributed by atoms with E-state index in [0.717, 1.165) is 22.4 Å². The Hall–Kier alpha value is -2.15. The Kier molecular flexibility index (Phi) is 3.74. The summed E-state index contributed by atoms with van der Waals surface area (Å²) in [5.74, 6) is 1.06. The van der Waals surface area contributed by atoms with Crippen molar-refractivity contribution in [3.8, 4) is 0 Å². The highest BCUT2D eigenvalue weighted by Gasteiger charge is 2.16. The van der Waals surface area contributed by atoms with Gasteiger partial charge >= 0.3 is 0 Å². The summed E-state index contributed by atoms with van der Waals surface area (Å²) in [5.41, 5.74) is 3.42. The summed E-state index contributed by atoms with van der Waals surface area (Å²) in [6.45, 7) is 8.25. The lowest BCUT2D eigenvalue weighted by Gasteiger charge is -2.12. The molecule has 3 aromatic heterocycles. The molecule has 0 saturated carbocycles. The van der Waals surface area contributed by atoms with E-state index in [9.17, 15) is 0 Å². The normalized spacial score (nSPS) is 11.5. The van der Waals surface area contributed by atoms with Crippen molar-refractivity contribution in [2.75, 3.05) is 5.32 Å². The van der Waals surface area contributed by atoms with Gasteiger partial charge in [-0.15, -0.1) is 10.2 Å². The Morgan fingerprint density at radius 1 is 1.32 bits per heavy atom. The molecule has 1 N–H and O–H groups in total. The zero-order chi connectivity index (χ0) is 15.9. The number of nitrogens with one attached hydrogen (secondary N) is 1. The Morgan fingerprint density at radius 3 is 2.73 bits per heavy atom. The lowest BCUT2D eigenvalue weighted by Crippen LogP contribution is -2.07. The van der Waals surface area contributed by atoms with Crippen molar-refractivity contribution in [1.29, 1.82) is 0 Å². The molecule has 3 aromatic rings. The van der Waals surface area contributed by atoms with Crippen LogP contribution in [0.1, 0.15) is 37.4 Å². The number of hydrogen-bond acceptors (Lipinski definition) is 6. The van der Waals surface area contributed by atoms with Crippen molar-refractivity contribution >= 4 is 28.3 Å². The first-order valence-corrected chi connectivity index (χ1v) is 7.41. The largest absolute Gasteiger partial charge is 0.424 e. The third-order valence-corrected chi connectivity index (χ3v) is 3.47. The molecule has 0 bridgehead atoms. The molecule has 0 aliphatic rings. The van der Waals surface area contributed by atoms with Gasteiger partial charge in [-0.25, -0.2) is 4.98 Å². The summed E-state index contributed by atoms with van der Waals surface area (Å²) in [6.07, 6.45) is 0. The standard InChI is InChI=1S/C14H17ClN6O/c1-7(2)21-14-10(16-6-12-19-18-9(4)22-12)5-11(15)17-13(14)8(3)20-21/h5,7H,6H2,1-4H3,(H,16,17). The van der Waals surface area contributed by atoms with E-state index in [2.05, 4.69) is 39.4 Å². The fourth-order valence-corrected chi connectivity index (χ4v) is 2.53. The first-order valence-electron chi connectivity index (χ1n) is 7.04. The molecule has 0 aliphatic heterocycles. The Balaban J connectivity index is 2.03. The van der Waals surface area contributed by atoms with Crippen LogP contribution in [0.2, 0.25) is 5.15 Å². The van der Waals surface area contributed by atoms with Crippen molar-refractivity contribution in [2.24, 2.45) is 0 Å². The Labute approximate surface area is 132 Å². The number of pyridine rings is 1. The number of halogens is 1. The van der Waals surface area contributed by atoms with Gasteiger partial charge in [0.1, 0.15) is 16.2 Å². The second-order valence-electron chi connectivity index (χ2n) is 5.38. The molecular weight excluding hydrogens is 304 g/mol. The molecule has 3 heterocycles. The van der Waals surface area contributed by atoms with E-state index in [1.165, 1.54) is 0 Å². The zero-order valence-electron chi connectivity index (χ0n) is 12.9. The molecule has 0 atom stereocenters. The summed E-state index contributed by atoms with van der Waals surface area (Å²) < 4.78 is 7.31. The van der Waals surface area contributed by atoms with Crippen LogP contribution in [0.25, 0.3) is 11.0 Å². The average molecular weight is 321 g/mol. The molecular formula is C14H17ClN6O. The monoisotopic (exact) mass is 320 g/mol. The second-order valence-corrected chi connectivity index (χ2v) is 5.77. The molecule has 22 heavy (non-hydrogen) atoms. The minimum absolute atomic E-state index is 0.213. The minimum atomic E-state index is 0.213. The van der Waals surface area contributed by atoms with Crippen molar-refractivity contribution in [3.63, 3.8) is 0 Å². The van der Waals surface area contributed by atoms with Gasteiger partial charge < -0.3 is 9.73 Å². The highest BCUT2D eigenvalue weighted by atomic mass is 35.5. The smallest absolute Gasteiger partial charge is 0.235 e. The van der Waals surface area contributed by atoms with Crippen LogP contribution in [0.5, 0.6) is 0 Å². The predicted molar refractivity (Wildman–Crippen MR) is 84.0 cm³/mol. The average Bonchev–Trinajstić information content (AvgIpc) is 3.01. The van der Waals surface area contributed by atoms with Crippen LogP contribution in [-0.4, -0.2) is 25.0 Å². The molecule has 0 aliphatic carbocycles. The van der Waals surface area contributed by atoms with Crippen molar-refractivity contribution < 1.29 is 4.42 Å². The van der Waals surface area contributed by atoms with E-state index in [-0.39, 0.29) is 6.04 Å². The maximum Gasteiger partial charge on any atom is 0.235 e. The van der Waals surface area contributed by atoms with Crippen LogP contribution in [0.3, 0.4) is 0 Å². The van der Waals surface area contributed by atoms with Crippen LogP contribution in [-0.2, 0) is 6.54 Å². The van der Waals surface area contributed by atoms with Crippen LogP contribution < -0.4 is 5.32 Å². The van der Waals surface area contributed by atoms with Gasteiger partial charge in [0, 0.05) is 19.0 Å². The summed E-state index contributed by atoms with van der Waals surface area (Å²) in [4.78, 5) is 4.39. The van der Waals surface area contributed by atoms with Gasteiger partial charge in [0.25, 0.3) is 0 Å². The Morgan fingerprint density at radius 2 is 2.09 bits per heavy atom. The third kappa shape index (κ3) is 2.64.